The van der Waals surface area contributed by atoms with Crippen LogP contribution in [0.5, 0.6) is 0 Å². The predicted octanol–water partition coefficient (Wildman–Crippen LogP) is 5.40. The molecule has 1 unspecified atom stereocenters. The Hall–Kier alpha value is -4.43. The van der Waals surface area contributed by atoms with Gasteiger partial charge < -0.3 is 20.1 Å². The van der Waals surface area contributed by atoms with Gasteiger partial charge >= 0.3 is 0 Å². The van der Waals surface area contributed by atoms with E-state index in [4.69, 9.17) is 0 Å². The first kappa shape index (κ1) is 29.3. The number of amides is 2. The zero-order valence-corrected chi connectivity index (χ0v) is 25.0. The smallest absolute Gasteiger partial charge is 0.282 e. The number of hydrogen-bond donors (Lipinski definition) is 2. The third-order valence-corrected chi connectivity index (χ3v) is 9.06. The van der Waals surface area contributed by atoms with Crippen molar-refractivity contribution in [1.29, 1.82) is 5.26 Å². The summed E-state index contributed by atoms with van der Waals surface area (Å²) in [5, 5.41) is 15.8. The largest absolute Gasteiger partial charge is 0.326 e. The number of hydrogen-bond acceptors (Lipinski definition) is 6. The number of pyridine rings is 2. The van der Waals surface area contributed by atoms with E-state index in [1.807, 2.05) is 25.3 Å². The van der Waals surface area contributed by atoms with Crippen LogP contribution in [0.2, 0.25) is 0 Å². The molecule has 2 amide bonds. The lowest BCUT2D eigenvalue weighted by Gasteiger charge is -2.39. The van der Waals surface area contributed by atoms with Crippen LogP contribution < -0.4 is 16.2 Å². The van der Waals surface area contributed by atoms with Gasteiger partial charge in [0.2, 0.25) is 0 Å². The van der Waals surface area contributed by atoms with E-state index in [0.717, 1.165) is 48.4 Å². The number of rotatable bonds is 10. The van der Waals surface area contributed by atoms with Gasteiger partial charge in [0.05, 0.1) is 24.7 Å². The Bertz CT molecular complexity index is 1790. The van der Waals surface area contributed by atoms with E-state index in [9.17, 15) is 28.4 Å². The Morgan fingerprint density at radius 3 is 2.47 bits per heavy atom. The summed E-state index contributed by atoms with van der Waals surface area (Å²) in [5.74, 6) is -3.01. The maximum absolute atomic E-state index is 13.7. The first-order valence-electron chi connectivity index (χ1n) is 15.6. The molecule has 2 N–H and O–H groups in total. The average Bonchev–Trinajstić information content (AvgIpc) is 3.86. The van der Waals surface area contributed by atoms with Crippen molar-refractivity contribution in [1.82, 2.24) is 19.8 Å². The van der Waals surface area contributed by atoms with Gasteiger partial charge in [-0.2, -0.15) is 5.26 Å². The van der Waals surface area contributed by atoms with Gasteiger partial charge in [0.1, 0.15) is 11.4 Å². The van der Waals surface area contributed by atoms with Crippen molar-refractivity contribution in [2.45, 2.75) is 69.4 Å². The summed E-state index contributed by atoms with van der Waals surface area (Å²) in [4.78, 5) is 46.3. The molecule has 0 spiro atoms. The lowest BCUT2D eigenvalue weighted by atomic mass is 9.95. The SMILES string of the molecule is CC(NCC1CC1)c1cc(C(=O)Nc2cc(-c3ccc(C#N)cc3C(=O)N3CC(F)(F)C3)cc(C3CC3)n2)c(=O)n(C2CC2)c1. The van der Waals surface area contributed by atoms with E-state index < -0.39 is 30.8 Å². The minimum Gasteiger partial charge on any atom is -0.326 e. The zero-order chi connectivity index (χ0) is 31.5. The highest BCUT2D eigenvalue weighted by atomic mass is 19.3. The molecule has 3 aliphatic carbocycles. The molecule has 4 aliphatic rings. The van der Waals surface area contributed by atoms with Crippen LogP contribution >= 0.6 is 0 Å². The van der Waals surface area contributed by atoms with E-state index >= 15 is 0 Å². The fraction of sp³-hybridized carbons (Fsp3) is 0.441. The van der Waals surface area contributed by atoms with E-state index in [2.05, 4.69) is 15.6 Å². The van der Waals surface area contributed by atoms with Gasteiger partial charge in [0.15, 0.2) is 0 Å². The molecule has 9 nitrogen and oxygen atoms in total. The molecule has 7 rings (SSSR count). The van der Waals surface area contributed by atoms with Crippen LogP contribution in [0.15, 0.2) is 47.4 Å². The number of benzene rings is 1. The summed E-state index contributed by atoms with van der Waals surface area (Å²) in [7, 11) is 0. The summed E-state index contributed by atoms with van der Waals surface area (Å²) < 4.78 is 28.9. The number of anilines is 1. The number of nitrogens with one attached hydrogen (secondary N) is 2. The normalized spacial score (nSPS) is 19.4. The molecule has 3 saturated carbocycles. The van der Waals surface area contributed by atoms with E-state index in [0.29, 0.717) is 17.0 Å². The van der Waals surface area contributed by atoms with E-state index in [1.54, 1.807) is 28.8 Å². The second-order valence-corrected chi connectivity index (χ2v) is 13.0. The number of nitrogens with zero attached hydrogens (tertiary/aromatic N) is 4. The first-order chi connectivity index (χ1) is 21.6. The highest BCUT2D eigenvalue weighted by Crippen LogP contribution is 2.42. The van der Waals surface area contributed by atoms with Crippen LogP contribution in [-0.2, 0) is 0 Å². The van der Waals surface area contributed by atoms with Gasteiger partial charge in [0.25, 0.3) is 23.3 Å². The molecule has 1 atom stereocenters. The standard InChI is InChI=1S/C34H34F2N6O3/c1-19(38-15-20-2-3-20)24-11-28(33(45)42(16-24)25-7-8-25)31(43)40-30-13-23(12-29(39-30)22-5-6-22)26-9-4-21(14-37)10-27(26)32(44)41-17-34(35,36)18-41/h4,9-13,16,19-20,22,25,38H,2-3,5-8,15,17-18H2,1H3,(H,39,40,43). The van der Waals surface area contributed by atoms with E-state index in [1.165, 1.54) is 18.9 Å². The summed E-state index contributed by atoms with van der Waals surface area (Å²) in [6.45, 7) is 1.57. The second-order valence-electron chi connectivity index (χ2n) is 13.0. The van der Waals surface area contributed by atoms with Gasteiger partial charge in [-0.15, -0.1) is 0 Å². The van der Waals surface area contributed by atoms with Crippen molar-refractivity contribution >= 4 is 17.6 Å². The molecule has 232 valence electrons. The lowest BCUT2D eigenvalue weighted by Crippen LogP contribution is -2.58. The Kier molecular flexibility index (Phi) is 7.28. The number of likely N-dealkylation sites (tertiary alicyclic amines) is 1. The maximum atomic E-state index is 13.7. The van der Waals surface area contributed by atoms with Crippen LogP contribution in [0.25, 0.3) is 11.1 Å². The predicted molar refractivity (Wildman–Crippen MR) is 163 cm³/mol. The van der Waals surface area contributed by atoms with E-state index in [-0.39, 0.29) is 46.1 Å². The Morgan fingerprint density at radius 1 is 1.07 bits per heavy atom. The number of aromatic nitrogens is 2. The summed E-state index contributed by atoms with van der Waals surface area (Å²) >= 11 is 0. The first-order valence-corrected chi connectivity index (χ1v) is 15.6. The molecule has 45 heavy (non-hydrogen) atoms. The molecule has 1 saturated heterocycles. The minimum absolute atomic E-state index is 0.0348. The molecule has 2 aromatic heterocycles. The van der Waals surface area contributed by atoms with Crippen molar-refractivity contribution in [3.05, 3.63) is 80.9 Å². The summed E-state index contributed by atoms with van der Waals surface area (Å²) in [6.07, 6.45) is 7.93. The lowest BCUT2D eigenvalue weighted by molar-refractivity contribution is -0.113. The van der Waals surface area contributed by atoms with Gasteiger partial charge in [0, 0.05) is 35.5 Å². The number of halogens is 2. The van der Waals surface area contributed by atoms with Crippen LogP contribution in [0, 0.1) is 17.2 Å². The zero-order valence-electron chi connectivity index (χ0n) is 25.0. The highest BCUT2D eigenvalue weighted by molar-refractivity contribution is 6.05. The van der Waals surface area contributed by atoms with Crippen LogP contribution in [0.4, 0.5) is 14.6 Å². The monoisotopic (exact) mass is 612 g/mol. The molecular weight excluding hydrogens is 578 g/mol. The Labute approximate surface area is 259 Å². The molecule has 0 bridgehead atoms. The van der Waals surface area contributed by atoms with Crippen molar-refractivity contribution in [3.63, 3.8) is 0 Å². The molecule has 3 heterocycles. The minimum atomic E-state index is -2.93. The van der Waals surface area contributed by atoms with Crippen molar-refractivity contribution < 1.29 is 18.4 Å². The maximum Gasteiger partial charge on any atom is 0.282 e. The van der Waals surface area contributed by atoms with Gasteiger partial charge in [-0.3, -0.25) is 14.4 Å². The third-order valence-electron chi connectivity index (χ3n) is 9.06. The molecule has 4 fully saturated rings. The molecule has 3 aromatic rings. The topological polar surface area (TPSA) is 120 Å². The summed E-state index contributed by atoms with van der Waals surface area (Å²) in [6, 6.07) is 11.8. The third kappa shape index (κ3) is 6.25. The average molecular weight is 613 g/mol. The Balaban J connectivity index is 1.22. The highest BCUT2D eigenvalue weighted by Gasteiger charge is 2.46. The Morgan fingerprint density at radius 2 is 1.82 bits per heavy atom. The fourth-order valence-corrected chi connectivity index (χ4v) is 5.84. The van der Waals surface area contributed by atoms with Gasteiger partial charge in [-0.05, 0) is 105 Å². The number of alkyl halides is 2. The number of carbonyl (C=O) groups is 2. The molecule has 1 aliphatic heterocycles. The summed E-state index contributed by atoms with van der Waals surface area (Å²) in [5.41, 5.74) is 2.64. The van der Waals surface area contributed by atoms with Crippen molar-refractivity contribution in [2.75, 3.05) is 25.0 Å². The van der Waals surface area contributed by atoms with Crippen LogP contribution in [0.1, 0.15) is 101 Å². The molecule has 1 aromatic carbocycles. The molecule has 11 heteroatoms. The number of nitriles is 1. The van der Waals surface area contributed by atoms with Gasteiger partial charge in [-0.25, -0.2) is 13.8 Å². The molecule has 0 radical (unpaired) electrons. The van der Waals surface area contributed by atoms with Crippen molar-refractivity contribution in [3.8, 4) is 17.2 Å². The van der Waals surface area contributed by atoms with Crippen molar-refractivity contribution in [2.24, 2.45) is 5.92 Å². The number of carbonyl (C=O) groups excluding carboxylic acids is 2. The quantitative estimate of drug-likeness (QED) is 0.317. The second kappa shape index (κ2) is 11.2. The van der Waals surface area contributed by atoms with Crippen LogP contribution in [0.3, 0.4) is 0 Å². The van der Waals surface area contributed by atoms with Gasteiger partial charge in [-0.1, -0.05) is 6.07 Å². The van der Waals surface area contributed by atoms with Crippen LogP contribution in [-0.4, -0.2) is 51.8 Å². The fourth-order valence-electron chi connectivity index (χ4n) is 5.84. The molecular formula is C34H34F2N6O3.